The molecule has 2 rings (SSSR count). The summed E-state index contributed by atoms with van der Waals surface area (Å²) < 4.78 is 1.19. The molecular formula is C13H15NO2S. The summed E-state index contributed by atoms with van der Waals surface area (Å²) in [5.74, 6) is -1.22. The van der Waals surface area contributed by atoms with E-state index in [1.807, 2.05) is 23.6 Å². The standard InChI is InChI=1S/C13H15NO2S/c1-8(13(15)16)12(14-2)10-7-17-11-6-4-3-5-9(10)11/h3-8,12,14H,1-2H3,(H,15,16). The van der Waals surface area contributed by atoms with E-state index >= 15 is 0 Å². The van der Waals surface area contributed by atoms with E-state index in [0.717, 1.165) is 10.9 Å². The average molecular weight is 249 g/mol. The molecule has 3 nitrogen and oxygen atoms in total. The molecule has 0 saturated heterocycles. The summed E-state index contributed by atoms with van der Waals surface area (Å²) in [7, 11) is 1.80. The van der Waals surface area contributed by atoms with E-state index in [9.17, 15) is 4.79 Å². The molecule has 0 saturated carbocycles. The highest BCUT2D eigenvalue weighted by molar-refractivity contribution is 7.17. The van der Waals surface area contributed by atoms with Crippen LogP contribution in [0.1, 0.15) is 18.5 Å². The Kier molecular flexibility index (Phi) is 3.45. The minimum Gasteiger partial charge on any atom is -0.481 e. The maximum atomic E-state index is 11.1. The van der Waals surface area contributed by atoms with Gasteiger partial charge in [0.1, 0.15) is 0 Å². The summed E-state index contributed by atoms with van der Waals surface area (Å²) in [6, 6.07) is 7.93. The van der Waals surface area contributed by atoms with Crippen LogP contribution in [0.4, 0.5) is 0 Å². The predicted octanol–water partition coefficient (Wildman–Crippen LogP) is 2.88. The quantitative estimate of drug-likeness (QED) is 0.876. The first-order valence-corrected chi connectivity index (χ1v) is 6.39. The SMILES string of the molecule is CNC(c1csc2ccccc12)C(C)C(=O)O. The summed E-state index contributed by atoms with van der Waals surface area (Å²) in [4.78, 5) is 11.1. The van der Waals surface area contributed by atoms with Gasteiger partial charge in [-0.1, -0.05) is 25.1 Å². The van der Waals surface area contributed by atoms with E-state index in [1.165, 1.54) is 4.70 Å². The fraction of sp³-hybridized carbons (Fsp3) is 0.308. The lowest BCUT2D eigenvalue weighted by atomic mass is 9.94. The van der Waals surface area contributed by atoms with E-state index < -0.39 is 11.9 Å². The molecule has 0 amide bonds. The molecule has 0 radical (unpaired) electrons. The first kappa shape index (κ1) is 12.1. The Hall–Kier alpha value is -1.39. The van der Waals surface area contributed by atoms with Crippen LogP contribution < -0.4 is 5.32 Å². The van der Waals surface area contributed by atoms with Gasteiger partial charge in [-0.25, -0.2) is 0 Å². The summed E-state index contributed by atoms with van der Waals surface area (Å²) in [5, 5.41) is 15.4. The van der Waals surface area contributed by atoms with Gasteiger partial charge in [-0.2, -0.15) is 0 Å². The highest BCUT2D eigenvalue weighted by atomic mass is 32.1. The van der Waals surface area contributed by atoms with Gasteiger partial charge in [0.2, 0.25) is 0 Å². The molecule has 0 bridgehead atoms. The predicted molar refractivity (Wildman–Crippen MR) is 70.4 cm³/mol. The molecule has 0 aliphatic rings. The number of nitrogens with one attached hydrogen (secondary N) is 1. The van der Waals surface area contributed by atoms with Gasteiger partial charge >= 0.3 is 5.97 Å². The molecule has 0 spiro atoms. The first-order valence-electron chi connectivity index (χ1n) is 5.51. The fourth-order valence-corrected chi connectivity index (χ4v) is 3.05. The van der Waals surface area contributed by atoms with Gasteiger partial charge in [-0.05, 0) is 29.4 Å². The van der Waals surface area contributed by atoms with Crippen molar-refractivity contribution in [2.24, 2.45) is 5.92 Å². The normalized spacial score (nSPS) is 14.7. The van der Waals surface area contributed by atoms with Crippen molar-refractivity contribution in [2.45, 2.75) is 13.0 Å². The number of rotatable bonds is 4. The van der Waals surface area contributed by atoms with Crippen molar-refractivity contribution in [1.82, 2.24) is 5.32 Å². The monoisotopic (exact) mass is 249 g/mol. The summed E-state index contributed by atoms with van der Waals surface area (Å²) in [5.41, 5.74) is 1.07. The van der Waals surface area contributed by atoms with Crippen LogP contribution in [-0.2, 0) is 4.79 Å². The van der Waals surface area contributed by atoms with Gasteiger partial charge < -0.3 is 10.4 Å². The maximum Gasteiger partial charge on any atom is 0.308 e. The molecule has 2 aromatic rings. The van der Waals surface area contributed by atoms with Crippen molar-refractivity contribution in [3.05, 3.63) is 35.2 Å². The third kappa shape index (κ3) is 2.18. The zero-order valence-electron chi connectivity index (χ0n) is 9.81. The third-order valence-corrected chi connectivity index (χ3v) is 4.03. The number of thiophene rings is 1. The second kappa shape index (κ2) is 4.85. The summed E-state index contributed by atoms with van der Waals surface area (Å²) in [6.45, 7) is 1.73. The molecule has 90 valence electrons. The van der Waals surface area contributed by atoms with Crippen molar-refractivity contribution < 1.29 is 9.90 Å². The number of carboxylic acid groups (broad SMARTS) is 1. The Bertz CT molecular complexity index is 535. The molecule has 1 aromatic carbocycles. The topological polar surface area (TPSA) is 49.3 Å². The summed E-state index contributed by atoms with van der Waals surface area (Å²) in [6.07, 6.45) is 0. The lowest BCUT2D eigenvalue weighted by molar-refractivity contribution is -0.142. The Morgan fingerprint density at radius 1 is 1.41 bits per heavy atom. The van der Waals surface area contributed by atoms with Gasteiger partial charge in [0, 0.05) is 10.7 Å². The lowest BCUT2D eigenvalue weighted by Gasteiger charge is -2.20. The maximum absolute atomic E-state index is 11.1. The minimum absolute atomic E-state index is 0.149. The second-order valence-corrected chi connectivity index (χ2v) is 4.99. The van der Waals surface area contributed by atoms with E-state index in [4.69, 9.17) is 5.11 Å². The molecular weight excluding hydrogens is 234 g/mol. The largest absolute Gasteiger partial charge is 0.481 e. The molecule has 4 heteroatoms. The smallest absolute Gasteiger partial charge is 0.308 e. The highest BCUT2D eigenvalue weighted by Crippen LogP contribution is 2.33. The number of hydrogen-bond donors (Lipinski definition) is 2. The van der Waals surface area contributed by atoms with Crippen molar-refractivity contribution in [1.29, 1.82) is 0 Å². The number of hydrogen-bond acceptors (Lipinski definition) is 3. The van der Waals surface area contributed by atoms with Gasteiger partial charge in [0.15, 0.2) is 0 Å². The molecule has 0 fully saturated rings. The molecule has 0 aliphatic heterocycles. The molecule has 17 heavy (non-hydrogen) atoms. The van der Waals surface area contributed by atoms with Crippen LogP contribution in [0.5, 0.6) is 0 Å². The van der Waals surface area contributed by atoms with Gasteiger partial charge in [0.25, 0.3) is 0 Å². The molecule has 2 N–H and O–H groups in total. The zero-order valence-corrected chi connectivity index (χ0v) is 10.6. The van der Waals surface area contributed by atoms with Gasteiger partial charge in [-0.15, -0.1) is 11.3 Å². The number of aliphatic carboxylic acids is 1. The Morgan fingerprint density at radius 3 is 2.76 bits per heavy atom. The first-order chi connectivity index (χ1) is 8.15. The fourth-order valence-electron chi connectivity index (χ4n) is 2.06. The van der Waals surface area contributed by atoms with E-state index in [-0.39, 0.29) is 6.04 Å². The molecule has 2 atom stereocenters. The van der Waals surface area contributed by atoms with E-state index in [1.54, 1.807) is 25.3 Å². The minimum atomic E-state index is -0.778. The molecule has 0 aliphatic carbocycles. The van der Waals surface area contributed by atoms with Crippen molar-refractivity contribution in [3.8, 4) is 0 Å². The Morgan fingerprint density at radius 2 is 2.12 bits per heavy atom. The van der Waals surface area contributed by atoms with Crippen LogP contribution in [0.15, 0.2) is 29.6 Å². The van der Waals surface area contributed by atoms with Gasteiger partial charge in [-0.3, -0.25) is 4.79 Å². The Labute approximate surface area is 104 Å². The second-order valence-electron chi connectivity index (χ2n) is 4.08. The van der Waals surface area contributed by atoms with Crippen molar-refractivity contribution in [3.63, 3.8) is 0 Å². The number of carbonyl (C=O) groups is 1. The third-order valence-electron chi connectivity index (χ3n) is 3.05. The van der Waals surface area contributed by atoms with Crippen LogP contribution in [0, 0.1) is 5.92 Å². The lowest BCUT2D eigenvalue weighted by Crippen LogP contribution is -2.28. The molecule has 1 heterocycles. The van der Waals surface area contributed by atoms with Crippen LogP contribution in [0.25, 0.3) is 10.1 Å². The van der Waals surface area contributed by atoms with Crippen LogP contribution >= 0.6 is 11.3 Å². The number of fused-ring (bicyclic) bond motifs is 1. The number of carboxylic acids is 1. The van der Waals surface area contributed by atoms with E-state index in [0.29, 0.717) is 0 Å². The Balaban J connectivity index is 2.47. The molecule has 2 unspecified atom stereocenters. The zero-order chi connectivity index (χ0) is 12.4. The van der Waals surface area contributed by atoms with E-state index in [2.05, 4.69) is 11.4 Å². The van der Waals surface area contributed by atoms with Crippen molar-refractivity contribution in [2.75, 3.05) is 7.05 Å². The van der Waals surface area contributed by atoms with Gasteiger partial charge in [0.05, 0.1) is 5.92 Å². The van der Waals surface area contributed by atoms with Crippen molar-refractivity contribution >= 4 is 27.4 Å². The number of benzene rings is 1. The molecule has 1 aromatic heterocycles. The average Bonchev–Trinajstić information content (AvgIpc) is 2.74. The van der Waals surface area contributed by atoms with Crippen LogP contribution in [0.3, 0.4) is 0 Å². The summed E-state index contributed by atoms with van der Waals surface area (Å²) >= 11 is 1.65. The van der Waals surface area contributed by atoms with Crippen LogP contribution in [0.2, 0.25) is 0 Å². The highest BCUT2D eigenvalue weighted by Gasteiger charge is 2.25. The van der Waals surface area contributed by atoms with Crippen LogP contribution in [-0.4, -0.2) is 18.1 Å².